The molecule has 1 fully saturated rings. The van der Waals surface area contributed by atoms with Crippen LogP contribution in [0.4, 0.5) is 0 Å². The number of benzene rings is 2. The van der Waals surface area contributed by atoms with Gasteiger partial charge in [0.1, 0.15) is 0 Å². The van der Waals surface area contributed by atoms with Crippen LogP contribution in [0.3, 0.4) is 0 Å². The lowest BCUT2D eigenvalue weighted by molar-refractivity contribution is -0.145. The van der Waals surface area contributed by atoms with Crippen LogP contribution < -0.4 is 0 Å². The molecule has 3 rings (SSSR count). The van der Waals surface area contributed by atoms with Crippen LogP contribution in [-0.4, -0.2) is 16.7 Å². The Morgan fingerprint density at radius 2 is 1.47 bits per heavy atom. The van der Waals surface area contributed by atoms with E-state index in [1.807, 2.05) is 36.4 Å². The molecular weight excluding hydrogens is 408 g/mol. The van der Waals surface area contributed by atoms with E-state index in [4.69, 9.17) is 4.74 Å². The van der Waals surface area contributed by atoms with Crippen molar-refractivity contribution in [3.8, 4) is 0 Å². The summed E-state index contributed by atoms with van der Waals surface area (Å²) in [5.41, 5.74) is 1.28. The molecule has 2 aromatic carbocycles. The Balaban J connectivity index is 1.89. The Hall–Kier alpha value is -1.65. The first-order valence-electron chi connectivity index (χ1n) is 10.9. The van der Waals surface area contributed by atoms with Crippen molar-refractivity contribution in [1.82, 2.24) is 0 Å². The SMILES string of the molecule is C=C1CCCCCCC(Sc2ccccc2)(Sc2ccccc2)C(=O)OC[C@H](C)C1. The van der Waals surface area contributed by atoms with Crippen molar-refractivity contribution in [2.75, 3.05) is 6.61 Å². The lowest BCUT2D eigenvalue weighted by Gasteiger charge is -2.31. The van der Waals surface area contributed by atoms with Gasteiger partial charge in [-0.25, -0.2) is 4.79 Å². The summed E-state index contributed by atoms with van der Waals surface area (Å²) in [5, 5.41) is 0. The Morgan fingerprint density at radius 1 is 0.900 bits per heavy atom. The Labute approximate surface area is 189 Å². The van der Waals surface area contributed by atoms with E-state index in [9.17, 15) is 4.79 Å². The summed E-state index contributed by atoms with van der Waals surface area (Å²) in [4.78, 5) is 15.8. The van der Waals surface area contributed by atoms with Gasteiger partial charge >= 0.3 is 5.97 Å². The lowest BCUT2D eigenvalue weighted by atomic mass is 9.98. The van der Waals surface area contributed by atoms with Gasteiger partial charge < -0.3 is 4.74 Å². The topological polar surface area (TPSA) is 26.3 Å². The molecule has 0 aromatic heterocycles. The van der Waals surface area contributed by atoms with Crippen molar-refractivity contribution in [3.05, 3.63) is 72.8 Å². The highest BCUT2D eigenvalue weighted by atomic mass is 32.2. The normalized spacial score (nSPS) is 21.0. The second-order valence-electron chi connectivity index (χ2n) is 8.16. The Kier molecular flexibility index (Phi) is 8.95. The molecule has 0 unspecified atom stereocenters. The first kappa shape index (κ1) is 23.0. The van der Waals surface area contributed by atoms with E-state index in [1.165, 1.54) is 18.4 Å². The molecule has 0 aliphatic carbocycles. The largest absolute Gasteiger partial charge is 0.464 e. The molecule has 0 bridgehead atoms. The summed E-state index contributed by atoms with van der Waals surface area (Å²) in [7, 11) is 0. The second kappa shape index (κ2) is 11.7. The number of hydrogen-bond acceptors (Lipinski definition) is 4. The predicted molar refractivity (Wildman–Crippen MR) is 129 cm³/mol. The molecule has 2 nitrogen and oxygen atoms in total. The molecule has 0 spiro atoms. The highest BCUT2D eigenvalue weighted by molar-refractivity contribution is 8.19. The van der Waals surface area contributed by atoms with Gasteiger partial charge in [0.05, 0.1) is 6.61 Å². The van der Waals surface area contributed by atoms with Gasteiger partial charge in [-0.2, -0.15) is 0 Å². The van der Waals surface area contributed by atoms with E-state index in [0.29, 0.717) is 12.5 Å². The minimum atomic E-state index is -0.687. The molecule has 1 aliphatic heterocycles. The number of rotatable bonds is 4. The van der Waals surface area contributed by atoms with Gasteiger partial charge in [-0.1, -0.05) is 98.3 Å². The zero-order chi connectivity index (χ0) is 21.2. The molecule has 1 aliphatic rings. The number of esters is 1. The predicted octanol–water partition coefficient (Wildman–Crippen LogP) is 7.75. The minimum Gasteiger partial charge on any atom is -0.464 e. The molecule has 1 heterocycles. The van der Waals surface area contributed by atoms with Gasteiger partial charge in [0.25, 0.3) is 0 Å². The quantitative estimate of drug-likeness (QED) is 0.276. The monoisotopic (exact) mass is 440 g/mol. The van der Waals surface area contributed by atoms with Crippen LogP contribution >= 0.6 is 23.5 Å². The molecule has 0 radical (unpaired) electrons. The third-order valence-electron chi connectivity index (χ3n) is 5.29. The second-order valence-corrected chi connectivity index (χ2v) is 11.2. The maximum absolute atomic E-state index is 13.6. The molecule has 30 heavy (non-hydrogen) atoms. The zero-order valence-electron chi connectivity index (χ0n) is 17.8. The summed E-state index contributed by atoms with van der Waals surface area (Å²) < 4.78 is 5.27. The fourth-order valence-electron chi connectivity index (χ4n) is 3.73. The van der Waals surface area contributed by atoms with Crippen LogP contribution in [0.5, 0.6) is 0 Å². The van der Waals surface area contributed by atoms with Crippen LogP contribution in [0, 0.1) is 5.92 Å². The van der Waals surface area contributed by atoms with Crippen molar-refractivity contribution in [2.45, 2.75) is 65.7 Å². The number of thioether (sulfide) groups is 2. The van der Waals surface area contributed by atoms with Gasteiger partial charge in [-0.3, -0.25) is 0 Å². The van der Waals surface area contributed by atoms with Gasteiger partial charge in [0.2, 0.25) is 0 Å². The van der Waals surface area contributed by atoms with Gasteiger partial charge in [0, 0.05) is 9.79 Å². The average Bonchev–Trinajstić information content (AvgIpc) is 2.76. The highest BCUT2D eigenvalue weighted by Crippen LogP contribution is 2.50. The number of allylic oxidation sites excluding steroid dienone is 1. The molecule has 1 atom stereocenters. The maximum atomic E-state index is 13.6. The molecule has 0 N–H and O–H groups in total. The summed E-state index contributed by atoms with van der Waals surface area (Å²) in [6.07, 6.45) is 7.31. The van der Waals surface area contributed by atoms with E-state index < -0.39 is 4.08 Å². The third-order valence-corrected chi connectivity index (χ3v) is 8.20. The van der Waals surface area contributed by atoms with Crippen LogP contribution in [0.25, 0.3) is 0 Å². The van der Waals surface area contributed by atoms with Crippen LogP contribution in [0.1, 0.15) is 51.9 Å². The molecule has 1 saturated heterocycles. The Bertz CT molecular complexity index is 763. The summed E-state index contributed by atoms with van der Waals surface area (Å²) in [6, 6.07) is 20.5. The summed E-state index contributed by atoms with van der Waals surface area (Å²) in [5.74, 6) is 0.185. The first-order chi connectivity index (χ1) is 14.6. The van der Waals surface area contributed by atoms with Crippen LogP contribution in [0.2, 0.25) is 0 Å². The van der Waals surface area contributed by atoms with E-state index in [0.717, 1.165) is 41.9 Å². The van der Waals surface area contributed by atoms with E-state index >= 15 is 0 Å². The molecule has 160 valence electrons. The Morgan fingerprint density at radius 3 is 2.07 bits per heavy atom. The number of carbonyl (C=O) groups is 1. The van der Waals surface area contributed by atoms with Crippen LogP contribution in [0.15, 0.2) is 82.6 Å². The lowest BCUT2D eigenvalue weighted by Crippen LogP contribution is -2.34. The van der Waals surface area contributed by atoms with Gasteiger partial charge in [-0.05, 0) is 55.9 Å². The molecule has 0 amide bonds. The maximum Gasteiger partial charge on any atom is 0.333 e. The number of ether oxygens (including phenoxy) is 1. The molecular formula is C26H32O2S2. The highest BCUT2D eigenvalue weighted by Gasteiger charge is 2.42. The van der Waals surface area contributed by atoms with Gasteiger partial charge in [0.15, 0.2) is 4.08 Å². The standard InChI is InChI=1S/C26H32O2S2/c1-21-13-7-3-4-12-18-26(25(27)28-20-22(2)19-21,29-23-14-8-5-9-15-23)30-24-16-10-6-11-17-24/h5-6,8-11,14-17,22H,1,3-4,7,12-13,18-20H2,2H3/t22-/m1/s1. The fraction of sp³-hybridized carbons (Fsp3) is 0.423. The number of cyclic esters (lactones) is 1. The summed E-state index contributed by atoms with van der Waals surface area (Å²) >= 11 is 3.29. The fourth-order valence-corrected chi connectivity index (χ4v) is 6.60. The van der Waals surface area contributed by atoms with Crippen LogP contribution in [-0.2, 0) is 9.53 Å². The first-order valence-corrected chi connectivity index (χ1v) is 12.5. The summed E-state index contributed by atoms with van der Waals surface area (Å²) in [6.45, 7) is 6.82. The van der Waals surface area contributed by atoms with Crippen molar-refractivity contribution in [1.29, 1.82) is 0 Å². The van der Waals surface area contributed by atoms with Crippen molar-refractivity contribution in [3.63, 3.8) is 0 Å². The minimum absolute atomic E-state index is 0.109. The zero-order valence-corrected chi connectivity index (χ0v) is 19.5. The average molecular weight is 441 g/mol. The third kappa shape index (κ3) is 6.95. The van der Waals surface area contributed by atoms with E-state index in [-0.39, 0.29) is 5.97 Å². The molecule has 0 saturated carbocycles. The smallest absolute Gasteiger partial charge is 0.333 e. The molecule has 2 aromatic rings. The van der Waals surface area contributed by atoms with Crippen molar-refractivity contribution < 1.29 is 9.53 Å². The molecule has 4 heteroatoms. The van der Waals surface area contributed by atoms with Crippen molar-refractivity contribution in [2.24, 2.45) is 5.92 Å². The van der Waals surface area contributed by atoms with Gasteiger partial charge in [-0.15, -0.1) is 0 Å². The van der Waals surface area contributed by atoms with E-state index in [2.05, 4.69) is 37.8 Å². The number of hydrogen-bond donors (Lipinski definition) is 0. The number of carbonyl (C=O) groups excluding carboxylic acids is 1. The van der Waals surface area contributed by atoms with Crippen molar-refractivity contribution >= 4 is 29.5 Å². The van der Waals surface area contributed by atoms with E-state index in [1.54, 1.807) is 23.5 Å².